The van der Waals surface area contributed by atoms with Crippen LogP contribution >= 0.6 is 0 Å². The molecule has 2 heterocycles. The van der Waals surface area contributed by atoms with Crippen LogP contribution in [0.5, 0.6) is 0 Å². The van der Waals surface area contributed by atoms with Gasteiger partial charge in [-0.05, 0) is 12.8 Å². The van der Waals surface area contributed by atoms with Crippen molar-refractivity contribution >= 4 is 0 Å². The topological polar surface area (TPSA) is 54.5 Å². The van der Waals surface area contributed by atoms with Crippen LogP contribution in [-0.4, -0.2) is 19.9 Å². The second-order valence-electron chi connectivity index (χ2n) is 3.08. The zero-order chi connectivity index (χ0) is 8.67. The Morgan fingerprint density at radius 3 is 2.92 bits per heavy atom. The molecule has 0 bridgehead atoms. The third-order valence-corrected chi connectivity index (χ3v) is 2.33. The van der Waals surface area contributed by atoms with E-state index in [1.165, 1.54) is 5.69 Å². The van der Waals surface area contributed by atoms with Crippen molar-refractivity contribution in [1.82, 2.24) is 19.9 Å². The minimum atomic E-state index is 0.935. The van der Waals surface area contributed by atoms with E-state index in [-0.39, 0.29) is 0 Å². The van der Waals surface area contributed by atoms with Gasteiger partial charge in [0.15, 0.2) is 0 Å². The molecule has 0 radical (unpaired) electrons. The van der Waals surface area contributed by atoms with E-state index in [9.17, 15) is 0 Å². The molecule has 0 saturated heterocycles. The fraction of sp³-hybridized carbons (Fsp3) is 0.222. The quantitative estimate of drug-likeness (QED) is 0.644. The van der Waals surface area contributed by atoms with Gasteiger partial charge in [0.2, 0.25) is 0 Å². The van der Waals surface area contributed by atoms with E-state index in [2.05, 4.69) is 19.9 Å². The van der Waals surface area contributed by atoms with E-state index in [1.807, 2.05) is 0 Å². The molecule has 0 atom stereocenters. The molecule has 4 nitrogen and oxygen atoms in total. The second kappa shape index (κ2) is 2.39. The first kappa shape index (κ1) is 6.77. The third-order valence-electron chi connectivity index (χ3n) is 2.33. The van der Waals surface area contributed by atoms with Gasteiger partial charge in [0.25, 0.3) is 0 Å². The summed E-state index contributed by atoms with van der Waals surface area (Å²) in [5, 5.41) is 0. The van der Waals surface area contributed by atoms with Crippen molar-refractivity contribution in [3.8, 4) is 11.4 Å². The number of aromatic amines is 1. The highest BCUT2D eigenvalue weighted by Crippen LogP contribution is 2.26. The van der Waals surface area contributed by atoms with Crippen LogP contribution in [0.2, 0.25) is 0 Å². The maximum absolute atomic E-state index is 4.29. The lowest BCUT2D eigenvalue weighted by Gasteiger charge is -2.11. The average Bonchev–Trinajstić information content (AvgIpc) is 2.65. The molecule has 13 heavy (non-hydrogen) atoms. The van der Waals surface area contributed by atoms with E-state index in [4.69, 9.17) is 0 Å². The van der Waals surface area contributed by atoms with Crippen LogP contribution in [0.1, 0.15) is 11.4 Å². The molecule has 2 aromatic rings. The number of nitrogens with one attached hydrogen (secondary N) is 1. The Morgan fingerprint density at radius 2 is 1.92 bits per heavy atom. The number of fused-ring (bicyclic) bond motifs is 3. The summed E-state index contributed by atoms with van der Waals surface area (Å²) in [6.07, 6.45) is 7.10. The minimum Gasteiger partial charge on any atom is -0.348 e. The lowest BCUT2D eigenvalue weighted by Crippen LogP contribution is -2.06. The van der Waals surface area contributed by atoms with Crippen molar-refractivity contribution in [3.63, 3.8) is 0 Å². The van der Waals surface area contributed by atoms with Crippen LogP contribution in [-0.2, 0) is 12.8 Å². The van der Waals surface area contributed by atoms with Crippen LogP contribution in [0.25, 0.3) is 11.4 Å². The fourth-order valence-electron chi connectivity index (χ4n) is 1.71. The van der Waals surface area contributed by atoms with Gasteiger partial charge in [0, 0.05) is 18.1 Å². The lowest BCUT2D eigenvalue weighted by atomic mass is 10.0. The largest absolute Gasteiger partial charge is 0.348 e. The zero-order valence-electron chi connectivity index (χ0n) is 6.99. The predicted molar refractivity (Wildman–Crippen MR) is 47.0 cm³/mol. The Morgan fingerprint density at radius 1 is 1.00 bits per heavy atom. The summed E-state index contributed by atoms with van der Waals surface area (Å²) < 4.78 is 0. The van der Waals surface area contributed by atoms with E-state index in [0.29, 0.717) is 0 Å². The van der Waals surface area contributed by atoms with Gasteiger partial charge >= 0.3 is 0 Å². The highest BCUT2D eigenvalue weighted by Gasteiger charge is 2.19. The van der Waals surface area contributed by atoms with E-state index in [1.54, 1.807) is 18.7 Å². The molecule has 0 fully saturated rings. The van der Waals surface area contributed by atoms with Gasteiger partial charge in [0.05, 0.1) is 12.0 Å². The van der Waals surface area contributed by atoms with E-state index < -0.39 is 0 Å². The van der Waals surface area contributed by atoms with Gasteiger partial charge in [-0.3, -0.25) is 9.97 Å². The Labute approximate surface area is 75.1 Å². The summed E-state index contributed by atoms with van der Waals surface area (Å²) in [7, 11) is 0. The predicted octanol–water partition coefficient (Wildman–Crippen LogP) is 0.965. The summed E-state index contributed by atoms with van der Waals surface area (Å²) in [4.78, 5) is 15.9. The van der Waals surface area contributed by atoms with Crippen molar-refractivity contribution in [2.45, 2.75) is 12.8 Å². The summed E-state index contributed by atoms with van der Waals surface area (Å²) >= 11 is 0. The Balaban J connectivity index is 2.30. The van der Waals surface area contributed by atoms with Gasteiger partial charge in [-0.2, -0.15) is 0 Å². The van der Waals surface area contributed by atoms with Gasteiger partial charge in [-0.1, -0.05) is 0 Å². The van der Waals surface area contributed by atoms with Crippen molar-refractivity contribution in [1.29, 1.82) is 0 Å². The van der Waals surface area contributed by atoms with Gasteiger partial charge in [-0.25, -0.2) is 4.98 Å². The van der Waals surface area contributed by atoms with E-state index >= 15 is 0 Å². The molecule has 4 heteroatoms. The van der Waals surface area contributed by atoms with Crippen molar-refractivity contribution in [2.75, 3.05) is 0 Å². The Hall–Kier alpha value is -1.71. The number of hydrogen-bond acceptors (Lipinski definition) is 3. The molecule has 64 valence electrons. The number of imidazole rings is 1. The monoisotopic (exact) mass is 172 g/mol. The van der Waals surface area contributed by atoms with Crippen LogP contribution in [0.3, 0.4) is 0 Å². The van der Waals surface area contributed by atoms with Crippen molar-refractivity contribution in [2.24, 2.45) is 0 Å². The second-order valence-corrected chi connectivity index (χ2v) is 3.08. The SMILES string of the molecule is c1cnc2c(n1)CCc1[nH]cnc1-2. The van der Waals surface area contributed by atoms with E-state index in [0.717, 1.165) is 29.9 Å². The highest BCUT2D eigenvalue weighted by molar-refractivity contribution is 5.61. The summed E-state index contributed by atoms with van der Waals surface area (Å²) in [5.74, 6) is 0. The molecular formula is C9H8N4. The molecule has 0 spiro atoms. The van der Waals surface area contributed by atoms with Gasteiger partial charge in [0.1, 0.15) is 11.4 Å². The number of nitrogens with zero attached hydrogens (tertiary/aromatic N) is 3. The first-order valence-electron chi connectivity index (χ1n) is 4.27. The number of rotatable bonds is 0. The molecule has 0 amide bonds. The zero-order valence-corrected chi connectivity index (χ0v) is 6.99. The normalized spacial score (nSPS) is 13.5. The minimum absolute atomic E-state index is 0.935. The number of H-pyrrole nitrogens is 1. The smallest absolute Gasteiger partial charge is 0.112 e. The number of aromatic nitrogens is 4. The standard InChI is InChI=1S/C9H8N4/c1-2-7-9(13-5-12-7)8-6(1)10-3-4-11-8/h3-5H,1-2H2,(H,12,13). The molecule has 1 aliphatic rings. The average molecular weight is 172 g/mol. The molecule has 2 aromatic heterocycles. The molecule has 1 aliphatic carbocycles. The third kappa shape index (κ3) is 0.884. The Kier molecular flexibility index (Phi) is 1.24. The lowest BCUT2D eigenvalue weighted by molar-refractivity contribution is 0.856. The van der Waals surface area contributed by atoms with Crippen LogP contribution in [0.15, 0.2) is 18.7 Å². The summed E-state index contributed by atoms with van der Waals surface area (Å²) in [6.45, 7) is 0. The van der Waals surface area contributed by atoms with Crippen LogP contribution in [0.4, 0.5) is 0 Å². The first-order chi connectivity index (χ1) is 6.45. The molecule has 0 saturated carbocycles. The molecular weight excluding hydrogens is 164 g/mol. The Bertz CT molecular complexity index is 446. The maximum atomic E-state index is 4.29. The molecule has 0 unspecified atom stereocenters. The maximum Gasteiger partial charge on any atom is 0.112 e. The molecule has 1 N–H and O–H groups in total. The highest BCUT2D eigenvalue weighted by atomic mass is 14.9. The number of hydrogen-bond donors (Lipinski definition) is 1. The van der Waals surface area contributed by atoms with Gasteiger partial charge in [-0.15, -0.1) is 0 Å². The first-order valence-corrected chi connectivity index (χ1v) is 4.27. The molecule has 0 aliphatic heterocycles. The van der Waals surface area contributed by atoms with Crippen molar-refractivity contribution in [3.05, 3.63) is 30.1 Å². The summed E-state index contributed by atoms with van der Waals surface area (Å²) in [5.41, 5.74) is 4.13. The molecule has 0 aromatic carbocycles. The fourth-order valence-corrected chi connectivity index (χ4v) is 1.71. The molecule has 3 rings (SSSR count). The van der Waals surface area contributed by atoms with Gasteiger partial charge < -0.3 is 4.98 Å². The van der Waals surface area contributed by atoms with Crippen molar-refractivity contribution < 1.29 is 0 Å². The summed E-state index contributed by atoms with van der Waals surface area (Å²) in [6, 6.07) is 0. The van der Waals surface area contributed by atoms with Crippen LogP contribution in [0, 0.1) is 0 Å². The number of aryl methyl sites for hydroxylation is 2. The van der Waals surface area contributed by atoms with Crippen LogP contribution < -0.4 is 0 Å².